The molecular weight excluding hydrogens is 188 g/mol. The van der Waals surface area contributed by atoms with Crippen molar-refractivity contribution in [1.82, 2.24) is 0 Å². The van der Waals surface area contributed by atoms with Gasteiger partial charge in [0, 0.05) is 12.3 Å². The normalized spacial score (nSPS) is 64.9. The maximum Gasteiger partial charge on any atom is 0.151 e. The average molecular weight is 200 g/mol. The van der Waals surface area contributed by atoms with E-state index in [0.717, 1.165) is 12.8 Å². The Morgan fingerprint density at radius 1 is 1.15 bits per heavy atom. The van der Waals surface area contributed by atoms with Crippen LogP contribution in [0.4, 0.5) is 0 Å². The van der Waals surface area contributed by atoms with Crippen molar-refractivity contribution in [3.05, 3.63) is 0 Å². The lowest BCUT2D eigenvalue weighted by Crippen LogP contribution is -2.54. The van der Waals surface area contributed by atoms with E-state index in [1.807, 2.05) is 0 Å². The first-order valence-corrected chi connectivity index (χ1v) is 6.80. The van der Waals surface area contributed by atoms with Gasteiger partial charge in [-0.1, -0.05) is 0 Å². The van der Waals surface area contributed by atoms with Gasteiger partial charge in [0.2, 0.25) is 0 Å². The summed E-state index contributed by atoms with van der Waals surface area (Å²) in [6, 6.07) is 0. The molecule has 0 N–H and O–H groups in total. The smallest absolute Gasteiger partial charge is 0.151 e. The Hall–Kier alpha value is -0.0900. The number of fused-ring (bicyclic) bond motifs is 1. The number of rotatable bonds is 0. The van der Waals surface area contributed by atoms with Crippen molar-refractivity contribution < 1.29 is 13.2 Å². The van der Waals surface area contributed by atoms with Gasteiger partial charge in [-0.2, -0.15) is 0 Å². The monoisotopic (exact) mass is 200 g/mol. The second kappa shape index (κ2) is 1.70. The van der Waals surface area contributed by atoms with Crippen LogP contribution in [0.25, 0.3) is 0 Å². The van der Waals surface area contributed by atoms with E-state index in [1.54, 1.807) is 0 Å². The molecule has 0 aromatic heterocycles. The van der Waals surface area contributed by atoms with E-state index < -0.39 is 9.84 Å². The summed E-state index contributed by atoms with van der Waals surface area (Å²) < 4.78 is 28.7. The van der Waals surface area contributed by atoms with E-state index >= 15 is 0 Å². The van der Waals surface area contributed by atoms with Crippen LogP contribution in [0.2, 0.25) is 0 Å². The molecule has 0 amide bonds. The molecule has 5 aliphatic rings. The summed E-state index contributed by atoms with van der Waals surface area (Å²) in [6.45, 7) is 0. The third-order valence-electron chi connectivity index (χ3n) is 4.61. The number of ether oxygens (including phenoxy) is 1. The average Bonchev–Trinajstić information content (AvgIpc) is 2.53. The van der Waals surface area contributed by atoms with Gasteiger partial charge in [0.15, 0.2) is 9.84 Å². The third kappa shape index (κ3) is 0.635. The molecule has 3 heterocycles. The van der Waals surface area contributed by atoms with Crippen molar-refractivity contribution in [1.29, 1.82) is 0 Å². The molecule has 0 aromatic rings. The minimum Gasteiger partial charge on any atom is -0.371 e. The van der Waals surface area contributed by atoms with Gasteiger partial charge in [-0.3, -0.25) is 0 Å². The predicted molar refractivity (Wildman–Crippen MR) is 46.0 cm³/mol. The molecule has 13 heavy (non-hydrogen) atoms. The highest BCUT2D eigenvalue weighted by atomic mass is 32.2. The summed E-state index contributed by atoms with van der Waals surface area (Å²) in [5.74, 6) is 2.25. The lowest BCUT2D eigenvalue weighted by atomic mass is 9.74. The molecule has 5 atom stereocenters. The summed E-state index contributed by atoms with van der Waals surface area (Å²) in [5, 5.41) is 0. The molecule has 0 aromatic carbocycles. The fraction of sp³-hybridized carbons (Fsp3) is 1.00. The molecule has 2 aliphatic carbocycles. The van der Waals surface area contributed by atoms with Crippen LogP contribution in [0.3, 0.4) is 0 Å². The first-order valence-electron chi connectivity index (χ1n) is 4.98. The summed E-state index contributed by atoms with van der Waals surface area (Å²) in [6.07, 6.45) is 2.73. The highest BCUT2D eigenvalue weighted by molar-refractivity contribution is 7.91. The quantitative estimate of drug-likeness (QED) is 0.561. The molecular formula is C9H12O3S. The first-order chi connectivity index (χ1) is 6.10. The van der Waals surface area contributed by atoms with Gasteiger partial charge in [0.05, 0.1) is 23.2 Å². The molecule has 3 aliphatic heterocycles. The van der Waals surface area contributed by atoms with Crippen LogP contribution < -0.4 is 0 Å². The Morgan fingerprint density at radius 2 is 1.92 bits per heavy atom. The van der Waals surface area contributed by atoms with E-state index in [2.05, 4.69) is 0 Å². The predicted octanol–water partition coefficient (Wildman–Crippen LogP) is 0.208. The minimum absolute atomic E-state index is 0.0313. The molecule has 4 heteroatoms. The van der Waals surface area contributed by atoms with Crippen LogP contribution in [-0.2, 0) is 14.6 Å². The molecule has 3 saturated heterocycles. The molecule has 2 saturated carbocycles. The van der Waals surface area contributed by atoms with Gasteiger partial charge in [-0.05, 0) is 18.3 Å². The van der Waals surface area contributed by atoms with E-state index in [4.69, 9.17) is 4.74 Å². The van der Waals surface area contributed by atoms with Crippen LogP contribution >= 0.6 is 0 Å². The van der Waals surface area contributed by atoms with Gasteiger partial charge < -0.3 is 4.74 Å². The standard InChI is InChI=1S/C9H12O3S/c10-13(11)3-6-5-1-9(7(6)4-13)2-8(5)12-9/h5-8H,1-4H2. The van der Waals surface area contributed by atoms with Crippen molar-refractivity contribution >= 4 is 9.84 Å². The van der Waals surface area contributed by atoms with Crippen molar-refractivity contribution in [3.8, 4) is 0 Å². The Morgan fingerprint density at radius 3 is 2.62 bits per heavy atom. The largest absolute Gasteiger partial charge is 0.371 e. The van der Waals surface area contributed by atoms with E-state index in [1.165, 1.54) is 0 Å². The van der Waals surface area contributed by atoms with Gasteiger partial charge in [0.1, 0.15) is 0 Å². The highest BCUT2D eigenvalue weighted by Gasteiger charge is 2.73. The Bertz CT molecular complexity index is 380. The lowest BCUT2D eigenvalue weighted by molar-refractivity contribution is -0.215. The van der Waals surface area contributed by atoms with Gasteiger partial charge >= 0.3 is 0 Å². The zero-order valence-corrected chi connectivity index (χ0v) is 8.09. The molecule has 72 valence electrons. The summed E-state index contributed by atoms with van der Waals surface area (Å²) in [7, 11) is -2.72. The third-order valence-corrected chi connectivity index (χ3v) is 6.37. The summed E-state index contributed by atoms with van der Waals surface area (Å²) in [4.78, 5) is 0. The molecule has 1 spiro atoms. The summed E-state index contributed by atoms with van der Waals surface area (Å²) in [5.41, 5.74) is 0.0313. The van der Waals surface area contributed by atoms with E-state index in [0.29, 0.717) is 35.4 Å². The number of hydrogen-bond donors (Lipinski definition) is 0. The fourth-order valence-corrected chi connectivity index (χ4v) is 6.49. The van der Waals surface area contributed by atoms with Crippen molar-refractivity contribution in [2.45, 2.75) is 24.5 Å². The molecule has 0 radical (unpaired) electrons. The molecule has 3 bridgehead atoms. The van der Waals surface area contributed by atoms with Crippen LogP contribution in [0.1, 0.15) is 12.8 Å². The van der Waals surface area contributed by atoms with E-state index in [-0.39, 0.29) is 5.60 Å². The lowest BCUT2D eigenvalue weighted by Gasteiger charge is -2.48. The molecule has 5 unspecified atom stereocenters. The Kier molecular flexibility index (Phi) is 0.944. The van der Waals surface area contributed by atoms with Crippen LogP contribution in [-0.4, -0.2) is 31.6 Å². The topological polar surface area (TPSA) is 43.4 Å². The zero-order chi connectivity index (χ0) is 8.84. The van der Waals surface area contributed by atoms with Crippen LogP contribution in [0, 0.1) is 17.8 Å². The Balaban J connectivity index is 1.84. The van der Waals surface area contributed by atoms with E-state index in [9.17, 15) is 8.42 Å². The Labute approximate surface area is 77.4 Å². The fourth-order valence-electron chi connectivity index (χ4n) is 4.19. The second-order valence-corrected chi connectivity index (χ2v) is 7.29. The first kappa shape index (κ1) is 7.23. The number of hydrogen-bond acceptors (Lipinski definition) is 3. The zero-order valence-electron chi connectivity index (χ0n) is 7.27. The van der Waals surface area contributed by atoms with Crippen LogP contribution in [0.15, 0.2) is 0 Å². The molecule has 5 fully saturated rings. The highest BCUT2D eigenvalue weighted by Crippen LogP contribution is 2.68. The maximum absolute atomic E-state index is 11.5. The molecule has 5 rings (SSSR count). The summed E-state index contributed by atoms with van der Waals surface area (Å²) >= 11 is 0. The SMILES string of the molecule is O=S1(=O)CC2C3CC4(CC3O4)C2C1. The van der Waals surface area contributed by atoms with Crippen molar-refractivity contribution in [2.24, 2.45) is 17.8 Å². The van der Waals surface area contributed by atoms with Gasteiger partial charge in [-0.15, -0.1) is 0 Å². The van der Waals surface area contributed by atoms with Gasteiger partial charge in [-0.25, -0.2) is 8.42 Å². The minimum atomic E-state index is -2.72. The second-order valence-electron chi connectivity index (χ2n) is 5.14. The van der Waals surface area contributed by atoms with Gasteiger partial charge in [0.25, 0.3) is 0 Å². The number of sulfone groups is 1. The maximum atomic E-state index is 11.5. The van der Waals surface area contributed by atoms with Crippen molar-refractivity contribution in [3.63, 3.8) is 0 Å². The van der Waals surface area contributed by atoms with Crippen molar-refractivity contribution in [2.75, 3.05) is 11.5 Å². The molecule has 3 nitrogen and oxygen atoms in total. The van der Waals surface area contributed by atoms with Crippen LogP contribution in [0.5, 0.6) is 0 Å².